The first-order valence-corrected chi connectivity index (χ1v) is 7.77. The molecule has 0 aromatic heterocycles. The SMILES string of the molecule is CCCC(C)NC(=O)CNCC1CCN(C(C)C)C1. The average Bonchev–Trinajstić information content (AvgIpc) is 2.78. The Morgan fingerprint density at radius 2 is 2.11 bits per heavy atom. The highest BCUT2D eigenvalue weighted by molar-refractivity contribution is 5.78. The number of likely N-dealkylation sites (tertiary alicyclic amines) is 1. The van der Waals surface area contributed by atoms with Gasteiger partial charge in [0.25, 0.3) is 0 Å². The highest BCUT2D eigenvalue weighted by atomic mass is 16.1. The highest BCUT2D eigenvalue weighted by Gasteiger charge is 2.23. The van der Waals surface area contributed by atoms with Crippen molar-refractivity contribution in [3.8, 4) is 0 Å². The van der Waals surface area contributed by atoms with Crippen molar-refractivity contribution in [1.82, 2.24) is 15.5 Å². The topological polar surface area (TPSA) is 44.4 Å². The standard InChI is InChI=1S/C15H31N3O/c1-5-6-13(4)17-15(19)10-16-9-14-7-8-18(11-14)12(2)3/h12-14,16H,5-11H2,1-4H3,(H,17,19). The molecule has 1 saturated heterocycles. The van der Waals surface area contributed by atoms with E-state index in [0.717, 1.165) is 19.4 Å². The minimum Gasteiger partial charge on any atom is -0.353 e. The van der Waals surface area contributed by atoms with Crippen molar-refractivity contribution < 1.29 is 4.79 Å². The fourth-order valence-electron chi connectivity index (χ4n) is 2.72. The summed E-state index contributed by atoms with van der Waals surface area (Å²) >= 11 is 0. The van der Waals surface area contributed by atoms with E-state index in [0.29, 0.717) is 24.5 Å². The van der Waals surface area contributed by atoms with Gasteiger partial charge < -0.3 is 15.5 Å². The molecule has 1 aliphatic heterocycles. The summed E-state index contributed by atoms with van der Waals surface area (Å²) in [6, 6.07) is 0.936. The summed E-state index contributed by atoms with van der Waals surface area (Å²) in [6.45, 7) is 12.5. The van der Waals surface area contributed by atoms with Crippen LogP contribution in [0.15, 0.2) is 0 Å². The van der Waals surface area contributed by atoms with Crippen LogP contribution in [-0.2, 0) is 4.79 Å². The van der Waals surface area contributed by atoms with Crippen LogP contribution in [0.3, 0.4) is 0 Å². The van der Waals surface area contributed by atoms with Crippen LogP contribution in [-0.4, -0.2) is 49.1 Å². The van der Waals surface area contributed by atoms with Crippen LogP contribution in [0.5, 0.6) is 0 Å². The van der Waals surface area contributed by atoms with Gasteiger partial charge >= 0.3 is 0 Å². The van der Waals surface area contributed by atoms with Crippen molar-refractivity contribution in [2.45, 2.75) is 59.0 Å². The van der Waals surface area contributed by atoms with Crippen LogP contribution >= 0.6 is 0 Å². The molecule has 19 heavy (non-hydrogen) atoms. The molecule has 112 valence electrons. The molecule has 0 aromatic rings. The van der Waals surface area contributed by atoms with E-state index in [1.165, 1.54) is 19.5 Å². The number of hydrogen-bond acceptors (Lipinski definition) is 3. The fourth-order valence-corrected chi connectivity index (χ4v) is 2.72. The Hall–Kier alpha value is -0.610. The van der Waals surface area contributed by atoms with Crippen molar-refractivity contribution in [3.63, 3.8) is 0 Å². The summed E-state index contributed by atoms with van der Waals surface area (Å²) in [7, 11) is 0. The second-order valence-corrected chi connectivity index (χ2v) is 6.13. The molecule has 4 nitrogen and oxygen atoms in total. The molecule has 1 heterocycles. The summed E-state index contributed by atoms with van der Waals surface area (Å²) in [5, 5.41) is 6.32. The predicted molar refractivity (Wildman–Crippen MR) is 80.2 cm³/mol. The minimum atomic E-state index is 0.125. The third-order valence-corrected chi connectivity index (χ3v) is 3.90. The Kier molecular flexibility index (Phi) is 7.39. The third kappa shape index (κ3) is 6.39. The normalized spacial score (nSPS) is 21.8. The third-order valence-electron chi connectivity index (χ3n) is 3.90. The minimum absolute atomic E-state index is 0.125. The second-order valence-electron chi connectivity index (χ2n) is 6.13. The highest BCUT2D eigenvalue weighted by Crippen LogP contribution is 2.17. The van der Waals surface area contributed by atoms with Gasteiger partial charge in [-0.25, -0.2) is 0 Å². The first kappa shape index (κ1) is 16.4. The van der Waals surface area contributed by atoms with Gasteiger partial charge in [-0.1, -0.05) is 13.3 Å². The zero-order valence-electron chi connectivity index (χ0n) is 13.0. The van der Waals surface area contributed by atoms with Gasteiger partial charge in [-0.15, -0.1) is 0 Å². The van der Waals surface area contributed by atoms with Gasteiger partial charge in [-0.2, -0.15) is 0 Å². The molecule has 1 rings (SSSR count). The largest absolute Gasteiger partial charge is 0.353 e. The number of hydrogen-bond donors (Lipinski definition) is 2. The first-order chi connectivity index (χ1) is 9.02. The zero-order chi connectivity index (χ0) is 14.3. The molecule has 1 amide bonds. The van der Waals surface area contributed by atoms with Crippen LogP contribution in [0.2, 0.25) is 0 Å². The summed E-state index contributed by atoms with van der Waals surface area (Å²) in [4.78, 5) is 14.2. The van der Waals surface area contributed by atoms with Crippen molar-refractivity contribution in [2.24, 2.45) is 5.92 Å². The van der Waals surface area contributed by atoms with Gasteiger partial charge in [0, 0.05) is 18.6 Å². The van der Waals surface area contributed by atoms with E-state index in [4.69, 9.17) is 0 Å². The van der Waals surface area contributed by atoms with Crippen LogP contribution in [0.1, 0.15) is 47.0 Å². The van der Waals surface area contributed by atoms with Gasteiger partial charge in [-0.05, 0) is 52.6 Å². The maximum atomic E-state index is 11.7. The molecule has 2 unspecified atom stereocenters. The molecule has 0 aliphatic carbocycles. The van der Waals surface area contributed by atoms with Crippen molar-refractivity contribution in [3.05, 3.63) is 0 Å². The Morgan fingerprint density at radius 1 is 1.37 bits per heavy atom. The lowest BCUT2D eigenvalue weighted by atomic mass is 10.1. The van der Waals surface area contributed by atoms with E-state index in [9.17, 15) is 4.79 Å². The van der Waals surface area contributed by atoms with E-state index in [-0.39, 0.29) is 5.91 Å². The maximum Gasteiger partial charge on any atom is 0.234 e. The maximum absolute atomic E-state index is 11.7. The molecule has 0 aromatic carbocycles. The number of carbonyl (C=O) groups is 1. The number of rotatable bonds is 8. The Labute approximate surface area is 118 Å². The number of carbonyl (C=O) groups excluding carboxylic acids is 1. The van der Waals surface area contributed by atoms with Gasteiger partial charge in [0.2, 0.25) is 5.91 Å². The molecule has 0 radical (unpaired) electrons. The van der Waals surface area contributed by atoms with E-state index >= 15 is 0 Å². The lowest BCUT2D eigenvalue weighted by molar-refractivity contribution is -0.120. The zero-order valence-corrected chi connectivity index (χ0v) is 13.0. The fraction of sp³-hybridized carbons (Fsp3) is 0.933. The smallest absolute Gasteiger partial charge is 0.234 e. The van der Waals surface area contributed by atoms with Crippen LogP contribution in [0, 0.1) is 5.92 Å². The monoisotopic (exact) mass is 269 g/mol. The van der Waals surface area contributed by atoms with Crippen LogP contribution in [0.25, 0.3) is 0 Å². The Balaban J connectivity index is 2.09. The number of nitrogens with zero attached hydrogens (tertiary/aromatic N) is 1. The lowest BCUT2D eigenvalue weighted by Gasteiger charge is -2.20. The molecular weight excluding hydrogens is 238 g/mol. The predicted octanol–water partition coefficient (Wildman–Crippen LogP) is 1.61. The van der Waals surface area contributed by atoms with Crippen molar-refractivity contribution in [1.29, 1.82) is 0 Å². The number of nitrogens with one attached hydrogen (secondary N) is 2. The lowest BCUT2D eigenvalue weighted by Crippen LogP contribution is -2.40. The van der Waals surface area contributed by atoms with Crippen LogP contribution < -0.4 is 10.6 Å². The molecular formula is C15H31N3O. The van der Waals surface area contributed by atoms with Gasteiger partial charge in [-0.3, -0.25) is 4.79 Å². The second kappa shape index (κ2) is 8.54. The van der Waals surface area contributed by atoms with Gasteiger partial charge in [0.05, 0.1) is 6.54 Å². The summed E-state index contributed by atoms with van der Waals surface area (Å²) < 4.78 is 0. The molecule has 4 heteroatoms. The van der Waals surface area contributed by atoms with E-state index in [1.807, 2.05) is 0 Å². The summed E-state index contributed by atoms with van der Waals surface area (Å²) in [5.41, 5.74) is 0. The molecule has 0 spiro atoms. The summed E-state index contributed by atoms with van der Waals surface area (Å²) in [6.07, 6.45) is 3.42. The van der Waals surface area contributed by atoms with E-state index in [2.05, 4.69) is 43.2 Å². The Bertz CT molecular complexity index is 268. The number of amides is 1. The first-order valence-electron chi connectivity index (χ1n) is 7.77. The van der Waals surface area contributed by atoms with Crippen molar-refractivity contribution in [2.75, 3.05) is 26.2 Å². The average molecular weight is 269 g/mol. The molecule has 2 N–H and O–H groups in total. The van der Waals surface area contributed by atoms with Gasteiger partial charge in [0.15, 0.2) is 0 Å². The quantitative estimate of drug-likeness (QED) is 0.704. The molecule has 2 atom stereocenters. The molecule has 0 saturated carbocycles. The van der Waals surface area contributed by atoms with Gasteiger partial charge in [0.1, 0.15) is 0 Å². The molecule has 1 aliphatic rings. The van der Waals surface area contributed by atoms with E-state index in [1.54, 1.807) is 0 Å². The van der Waals surface area contributed by atoms with E-state index < -0.39 is 0 Å². The van der Waals surface area contributed by atoms with Crippen molar-refractivity contribution >= 4 is 5.91 Å². The Morgan fingerprint density at radius 3 is 2.68 bits per heavy atom. The molecule has 0 bridgehead atoms. The molecule has 1 fully saturated rings. The van der Waals surface area contributed by atoms with Crippen LogP contribution in [0.4, 0.5) is 0 Å². The summed E-state index contributed by atoms with van der Waals surface area (Å²) in [5.74, 6) is 0.822.